The van der Waals surface area contributed by atoms with Crippen LogP contribution in [0.1, 0.15) is 16.1 Å². The van der Waals surface area contributed by atoms with Gasteiger partial charge in [0.1, 0.15) is 11.3 Å². The van der Waals surface area contributed by atoms with Gasteiger partial charge in [-0.05, 0) is 18.2 Å². The zero-order valence-electron chi connectivity index (χ0n) is 11.1. The van der Waals surface area contributed by atoms with Gasteiger partial charge in [-0.15, -0.1) is 0 Å². The van der Waals surface area contributed by atoms with Crippen LogP contribution in [0, 0.1) is 0 Å². The van der Waals surface area contributed by atoms with Crippen molar-refractivity contribution in [1.29, 1.82) is 0 Å². The number of pyridine rings is 1. The number of hydrogen-bond donors (Lipinski definition) is 3. The molecule has 3 aromatic rings. The molecule has 0 spiro atoms. The summed E-state index contributed by atoms with van der Waals surface area (Å²) in [4.78, 5) is 26.9. The number of anilines is 1. The number of fused-ring (bicyclic) bond motifs is 1. The molecule has 4 N–H and O–H groups in total. The van der Waals surface area contributed by atoms with Crippen molar-refractivity contribution in [3.05, 3.63) is 64.3 Å². The van der Waals surface area contributed by atoms with E-state index in [0.29, 0.717) is 16.7 Å². The summed E-state index contributed by atoms with van der Waals surface area (Å²) in [6, 6.07) is 10.5. The van der Waals surface area contributed by atoms with Crippen molar-refractivity contribution in [1.82, 2.24) is 10.3 Å². The van der Waals surface area contributed by atoms with Crippen molar-refractivity contribution in [2.75, 3.05) is 5.73 Å². The highest BCUT2D eigenvalue weighted by Gasteiger charge is 2.17. The van der Waals surface area contributed by atoms with Crippen LogP contribution in [-0.2, 0) is 6.54 Å². The van der Waals surface area contributed by atoms with Crippen LogP contribution >= 0.6 is 0 Å². The standard InChI is InChI=1S/C15H13N3O3/c16-13-10-5-1-2-6-11(10)18-15(20)12(13)14(19)17-8-9-4-3-7-21-9/h1-7H,8H2,(H,17,19)(H3,16,18,20). The summed E-state index contributed by atoms with van der Waals surface area (Å²) in [7, 11) is 0. The Balaban J connectivity index is 1.96. The van der Waals surface area contributed by atoms with Gasteiger partial charge >= 0.3 is 0 Å². The molecule has 0 fully saturated rings. The second kappa shape index (κ2) is 5.16. The number of carbonyl (C=O) groups excluding carboxylic acids is 1. The molecule has 0 unspecified atom stereocenters. The van der Waals surface area contributed by atoms with E-state index in [9.17, 15) is 9.59 Å². The third-order valence-electron chi connectivity index (χ3n) is 3.19. The Bertz CT molecular complexity index is 850. The number of aromatic amines is 1. The summed E-state index contributed by atoms with van der Waals surface area (Å²) < 4.78 is 5.12. The smallest absolute Gasteiger partial charge is 0.263 e. The fraction of sp³-hybridized carbons (Fsp3) is 0.0667. The van der Waals surface area contributed by atoms with Crippen LogP contribution in [0.25, 0.3) is 10.9 Å². The van der Waals surface area contributed by atoms with Crippen LogP contribution in [0.5, 0.6) is 0 Å². The maximum Gasteiger partial charge on any atom is 0.263 e. The lowest BCUT2D eigenvalue weighted by atomic mass is 10.1. The summed E-state index contributed by atoms with van der Waals surface area (Å²) in [6.45, 7) is 0.192. The van der Waals surface area contributed by atoms with Gasteiger partial charge in [0, 0.05) is 5.39 Å². The first-order chi connectivity index (χ1) is 10.2. The quantitative estimate of drug-likeness (QED) is 0.680. The molecule has 6 nitrogen and oxygen atoms in total. The molecule has 1 amide bonds. The van der Waals surface area contributed by atoms with E-state index in [-0.39, 0.29) is 17.8 Å². The van der Waals surface area contributed by atoms with E-state index in [1.165, 1.54) is 6.26 Å². The van der Waals surface area contributed by atoms with Crippen molar-refractivity contribution >= 4 is 22.5 Å². The fourth-order valence-electron chi connectivity index (χ4n) is 2.16. The first-order valence-electron chi connectivity index (χ1n) is 6.38. The van der Waals surface area contributed by atoms with Gasteiger partial charge in [0.15, 0.2) is 0 Å². The van der Waals surface area contributed by atoms with Crippen molar-refractivity contribution in [2.45, 2.75) is 6.54 Å². The molecule has 3 rings (SSSR count). The van der Waals surface area contributed by atoms with Gasteiger partial charge in [0.05, 0.1) is 24.0 Å². The van der Waals surface area contributed by atoms with E-state index in [1.54, 1.807) is 36.4 Å². The summed E-state index contributed by atoms with van der Waals surface area (Å²) in [6.07, 6.45) is 1.51. The number of nitrogen functional groups attached to an aromatic ring is 1. The van der Waals surface area contributed by atoms with Gasteiger partial charge < -0.3 is 20.5 Å². The highest BCUT2D eigenvalue weighted by Crippen LogP contribution is 2.20. The normalized spacial score (nSPS) is 10.7. The number of nitrogens with one attached hydrogen (secondary N) is 2. The number of benzene rings is 1. The third-order valence-corrected chi connectivity index (χ3v) is 3.19. The van der Waals surface area contributed by atoms with Crippen LogP contribution in [0.3, 0.4) is 0 Å². The van der Waals surface area contributed by atoms with Crippen molar-refractivity contribution in [3.8, 4) is 0 Å². The molecular formula is C15H13N3O3. The van der Waals surface area contributed by atoms with E-state index in [4.69, 9.17) is 10.2 Å². The molecule has 21 heavy (non-hydrogen) atoms. The van der Waals surface area contributed by atoms with Gasteiger partial charge in [-0.2, -0.15) is 0 Å². The van der Waals surface area contributed by atoms with E-state index in [1.807, 2.05) is 0 Å². The average Bonchev–Trinajstić information content (AvgIpc) is 2.98. The maximum atomic E-state index is 12.2. The number of H-pyrrole nitrogens is 1. The predicted molar refractivity (Wildman–Crippen MR) is 78.9 cm³/mol. The molecule has 2 heterocycles. The van der Waals surface area contributed by atoms with Crippen LogP contribution in [0.15, 0.2) is 51.9 Å². The molecule has 0 atom stereocenters. The molecule has 0 aliphatic rings. The topological polar surface area (TPSA) is 101 Å². The van der Waals surface area contributed by atoms with E-state index in [0.717, 1.165) is 0 Å². The fourth-order valence-corrected chi connectivity index (χ4v) is 2.16. The Hall–Kier alpha value is -3.02. The molecular weight excluding hydrogens is 270 g/mol. The first-order valence-corrected chi connectivity index (χ1v) is 6.38. The highest BCUT2D eigenvalue weighted by molar-refractivity contribution is 6.06. The maximum absolute atomic E-state index is 12.2. The summed E-state index contributed by atoms with van der Waals surface area (Å²) in [5.74, 6) is 0.0649. The molecule has 0 saturated heterocycles. The molecule has 1 aromatic carbocycles. The van der Waals surface area contributed by atoms with Gasteiger partial charge in [-0.25, -0.2) is 0 Å². The number of amides is 1. The number of para-hydroxylation sites is 1. The van der Waals surface area contributed by atoms with Crippen LogP contribution in [-0.4, -0.2) is 10.9 Å². The SMILES string of the molecule is Nc1c(C(=O)NCc2ccco2)c(=O)[nH]c2ccccc12. The minimum Gasteiger partial charge on any atom is -0.467 e. The molecule has 0 radical (unpaired) electrons. The first kappa shape index (κ1) is 13.0. The minimum absolute atomic E-state index is 0.0831. The minimum atomic E-state index is -0.532. The Morgan fingerprint density at radius 3 is 2.81 bits per heavy atom. The van der Waals surface area contributed by atoms with E-state index >= 15 is 0 Å². The average molecular weight is 283 g/mol. The highest BCUT2D eigenvalue weighted by atomic mass is 16.3. The lowest BCUT2D eigenvalue weighted by molar-refractivity contribution is 0.0947. The summed E-state index contributed by atoms with van der Waals surface area (Å²) in [5.41, 5.74) is 6.14. The molecule has 0 aliphatic carbocycles. The van der Waals surface area contributed by atoms with Crippen molar-refractivity contribution < 1.29 is 9.21 Å². The summed E-state index contributed by atoms with van der Waals surface area (Å²) in [5, 5.41) is 3.25. The lowest BCUT2D eigenvalue weighted by Crippen LogP contribution is -2.30. The van der Waals surface area contributed by atoms with Crippen molar-refractivity contribution in [3.63, 3.8) is 0 Å². The second-order valence-electron chi connectivity index (χ2n) is 4.55. The Morgan fingerprint density at radius 1 is 1.24 bits per heavy atom. The Labute approximate surface area is 119 Å². The van der Waals surface area contributed by atoms with Crippen molar-refractivity contribution in [2.24, 2.45) is 0 Å². The molecule has 0 aliphatic heterocycles. The Morgan fingerprint density at radius 2 is 2.05 bits per heavy atom. The monoisotopic (exact) mass is 283 g/mol. The van der Waals surface area contributed by atoms with Crippen LogP contribution < -0.4 is 16.6 Å². The van der Waals surface area contributed by atoms with Gasteiger partial charge in [-0.3, -0.25) is 9.59 Å². The predicted octanol–water partition coefficient (Wildman–Crippen LogP) is 1.63. The second-order valence-corrected chi connectivity index (χ2v) is 4.55. The molecule has 6 heteroatoms. The van der Waals surface area contributed by atoms with Gasteiger partial charge in [-0.1, -0.05) is 18.2 Å². The molecule has 2 aromatic heterocycles. The van der Waals surface area contributed by atoms with Gasteiger partial charge in [0.25, 0.3) is 11.5 Å². The van der Waals surface area contributed by atoms with E-state index in [2.05, 4.69) is 10.3 Å². The lowest BCUT2D eigenvalue weighted by Gasteiger charge is -2.08. The zero-order valence-corrected chi connectivity index (χ0v) is 11.1. The van der Waals surface area contributed by atoms with Crippen LogP contribution in [0.4, 0.5) is 5.69 Å². The Kier molecular flexibility index (Phi) is 3.19. The largest absolute Gasteiger partial charge is 0.467 e. The number of carbonyl (C=O) groups is 1. The molecule has 0 saturated carbocycles. The number of hydrogen-bond acceptors (Lipinski definition) is 4. The molecule has 0 bridgehead atoms. The molecule has 106 valence electrons. The number of nitrogens with two attached hydrogens (primary N) is 1. The number of furan rings is 1. The summed E-state index contributed by atoms with van der Waals surface area (Å²) >= 11 is 0. The van der Waals surface area contributed by atoms with E-state index < -0.39 is 11.5 Å². The zero-order chi connectivity index (χ0) is 14.8. The number of aromatic nitrogens is 1. The van der Waals surface area contributed by atoms with Gasteiger partial charge in [0.2, 0.25) is 0 Å². The number of rotatable bonds is 3. The third kappa shape index (κ3) is 2.38. The van der Waals surface area contributed by atoms with Crippen LogP contribution in [0.2, 0.25) is 0 Å².